The standard InChI is InChI=1S/C15H15F4N3O2/c1-9-7-10(3-4-11(9)16)21-12(23)8-14(24,15(17,18)19)13-20-5-6-22(13)2/h3-7,24H,8H2,1-2H3,(H,21,23). The smallest absolute Gasteiger partial charge is 0.374 e. The highest BCUT2D eigenvalue weighted by Crippen LogP contribution is 2.40. The third kappa shape index (κ3) is 3.40. The molecule has 0 saturated heterocycles. The third-order valence-corrected chi connectivity index (χ3v) is 3.52. The first kappa shape index (κ1) is 17.9. The van der Waals surface area contributed by atoms with Gasteiger partial charge in [-0.15, -0.1) is 0 Å². The van der Waals surface area contributed by atoms with Gasteiger partial charge in [0.2, 0.25) is 11.5 Å². The van der Waals surface area contributed by atoms with Crippen molar-refractivity contribution in [1.82, 2.24) is 9.55 Å². The Kier molecular flexibility index (Phi) is 4.66. The normalized spacial score (nSPS) is 14.3. The maximum atomic E-state index is 13.3. The molecule has 0 aliphatic carbocycles. The molecule has 24 heavy (non-hydrogen) atoms. The lowest BCUT2D eigenvalue weighted by Gasteiger charge is -2.29. The number of imidazole rings is 1. The number of aliphatic hydroxyl groups is 1. The van der Waals surface area contributed by atoms with Gasteiger partial charge in [0, 0.05) is 25.1 Å². The molecular weight excluding hydrogens is 330 g/mol. The summed E-state index contributed by atoms with van der Waals surface area (Å²) in [6, 6.07) is 3.58. The fourth-order valence-corrected chi connectivity index (χ4v) is 2.23. The van der Waals surface area contributed by atoms with Gasteiger partial charge in [-0.05, 0) is 30.7 Å². The summed E-state index contributed by atoms with van der Waals surface area (Å²) in [5.41, 5.74) is -3.09. The second kappa shape index (κ2) is 6.23. The number of benzene rings is 1. The second-order valence-electron chi connectivity index (χ2n) is 5.41. The minimum atomic E-state index is -5.11. The summed E-state index contributed by atoms with van der Waals surface area (Å²) in [7, 11) is 1.28. The minimum Gasteiger partial charge on any atom is -0.374 e. The van der Waals surface area contributed by atoms with Gasteiger partial charge in [0.1, 0.15) is 5.82 Å². The van der Waals surface area contributed by atoms with Crippen LogP contribution in [0.2, 0.25) is 0 Å². The molecule has 0 aliphatic heterocycles. The van der Waals surface area contributed by atoms with Gasteiger partial charge in [-0.2, -0.15) is 13.2 Å². The van der Waals surface area contributed by atoms with Gasteiger partial charge in [0.05, 0.1) is 6.42 Å². The zero-order chi connectivity index (χ0) is 18.1. The van der Waals surface area contributed by atoms with Crippen molar-refractivity contribution in [3.8, 4) is 0 Å². The molecule has 2 rings (SSSR count). The number of carbonyl (C=O) groups excluding carboxylic acids is 1. The van der Waals surface area contributed by atoms with Crippen molar-refractivity contribution in [2.75, 3.05) is 5.32 Å². The molecule has 0 saturated carbocycles. The molecule has 1 aromatic carbocycles. The van der Waals surface area contributed by atoms with Crippen LogP contribution in [0.25, 0.3) is 0 Å². The van der Waals surface area contributed by atoms with E-state index in [1.165, 1.54) is 32.3 Å². The highest BCUT2D eigenvalue weighted by atomic mass is 19.4. The molecule has 9 heteroatoms. The predicted molar refractivity (Wildman–Crippen MR) is 77.5 cm³/mol. The Morgan fingerprint density at radius 1 is 1.38 bits per heavy atom. The first-order valence-corrected chi connectivity index (χ1v) is 6.87. The summed E-state index contributed by atoms with van der Waals surface area (Å²) in [5.74, 6) is -2.28. The number of hydrogen-bond acceptors (Lipinski definition) is 3. The first-order chi connectivity index (χ1) is 11.0. The van der Waals surface area contributed by atoms with E-state index in [9.17, 15) is 27.5 Å². The number of aryl methyl sites for hydroxylation is 2. The average Bonchev–Trinajstić information content (AvgIpc) is 2.88. The van der Waals surface area contributed by atoms with Crippen LogP contribution < -0.4 is 5.32 Å². The van der Waals surface area contributed by atoms with E-state index in [2.05, 4.69) is 10.3 Å². The van der Waals surface area contributed by atoms with Crippen molar-refractivity contribution in [3.63, 3.8) is 0 Å². The molecule has 5 nitrogen and oxygen atoms in total. The van der Waals surface area contributed by atoms with Gasteiger partial charge in [-0.3, -0.25) is 4.79 Å². The monoisotopic (exact) mass is 345 g/mol. The van der Waals surface area contributed by atoms with Crippen LogP contribution in [0.1, 0.15) is 17.8 Å². The van der Waals surface area contributed by atoms with Crippen LogP contribution >= 0.6 is 0 Å². The van der Waals surface area contributed by atoms with Crippen LogP contribution in [0.15, 0.2) is 30.6 Å². The molecular formula is C15H15F4N3O2. The Morgan fingerprint density at radius 3 is 2.54 bits per heavy atom. The number of hydrogen-bond donors (Lipinski definition) is 2. The van der Waals surface area contributed by atoms with E-state index in [1.807, 2.05) is 0 Å². The van der Waals surface area contributed by atoms with Gasteiger partial charge in [-0.1, -0.05) is 0 Å². The fraction of sp³-hybridized carbons (Fsp3) is 0.333. The summed E-state index contributed by atoms with van der Waals surface area (Å²) in [6.45, 7) is 1.45. The maximum absolute atomic E-state index is 13.3. The molecule has 1 aromatic heterocycles. The quantitative estimate of drug-likeness (QED) is 0.837. The first-order valence-electron chi connectivity index (χ1n) is 6.87. The highest BCUT2D eigenvalue weighted by molar-refractivity contribution is 5.91. The number of rotatable bonds is 4. The summed E-state index contributed by atoms with van der Waals surface area (Å²) >= 11 is 0. The van der Waals surface area contributed by atoms with Gasteiger partial charge in [0.15, 0.2) is 5.82 Å². The number of alkyl halides is 3. The second-order valence-corrected chi connectivity index (χ2v) is 5.41. The van der Waals surface area contributed by atoms with E-state index >= 15 is 0 Å². The topological polar surface area (TPSA) is 67.2 Å². The Morgan fingerprint density at radius 2 is 2.04 bits per heavy atom. The Labute approximate surface area is 134 Å². The van der Waals surface area contributed by atoms with Gasteiger partial charge in [0.25, 0.3) is 0 Å². The summed E-state index contributed by atoms with van der Waals surface area (Å²) in [6.07, 6.45) is -4.07. The molecule has 2 aromatic rings. The lowest BCUT2D eigenvalue weighted by atomic mass is 9.97. The molecule has 0 fully saturated rings. The third-order valence-electron chi connectivity index (χ3n) is 3.52. The predicted octanol–water partition coefficient (Wildman–Crippen LogP) is 2.65. The van der Waals surface area contributed by atoms with Crippen molar-refractivity contribution >= 4 is 11.6 Å². The van der Waals surface area contributed by atoms with Crippen molar-refractivity contribution < 1.29 is 27.5 Å². The van der Waals surface area contributed by atoms with E-state index in [4.69, 9.17) is 0 Å². The zero-order valence-corrected chi connectivity index (χ0v) is 12.9. The van der Waals surface area contributed by atoms with Crippen LogP contribution in [0.4, 0.5) is 23.2 Å². The van der Waals surface area contributed by atoms with Crippen LogP contribution in [0.5, 0.6) is 0 Å². The van der Waals surface area contributed by atoms with Crippen LogP contribution in [0.3, 0.4) is 0 Å². The summed E-state index contributed by atoms with van der Waals surface area (Å²) < 4.78 is 54.2. The van der Waals surface area contributed by atoms with E-state index < -0.39 is 35.7 Å². The van der Waals surface area contributed by atoms with E-state index in [0.717, 1.165) is 16.8 Å². The number of nitrogens with zero attached hydrogens (tertiary/aromatic N) is 2. The van der Waals surface area contributed by atoms with E-state index in [1.54, 1.807) is 0 Å². The largest absolute Gasteiger partial charge is 0.425 e. The van der Waals surface area contributed by atoms with Crippen molar-refractivity contribution in [2.45, 2.75) is 25.1 Å². The Balaban J connectivity index is 2.25. The lowest BCUT2D eigenvalue weighted by Crippen LogP contribution is -2.46. The fourth-order valence-electron chi connectivity index (χ4n) is 2.23. The molecule has 0 bridgehead atoms. The van der Waals surface area contributed by atoms with E-state index in [-0.39, 0.29) is 11.3 Å². The SMILES string of the molecule is Cc1cc(NC(=O)CC(O)(c2nccn2C)C(F)(F)F)ccc1F. The average molecular weight is 345 g/mol. The van der Waals surface area contributed by atoms with Crippen molar-refractivity contribution in [1.29, 1.82) is 0 Å². The molecule has 130 valence electrons. The van der Waals surface area contributed by atoms with Crippen LogP contribution in [-0.2, 0) is 17.4 Å². The molecule has 0 spiro atoms. The van der Waals surface area contributed by atoms with Gasteiger partial charge < -0.3 is 15.0 Å². The molecule has 0 aliphatic rings. The van der Waals surface area contributed by atoms with Gasteiger partial charge >= 0.3 is 6.18 Å². The zero-order valence-electron chi connectivity index (χ0n) is 12.9. The minimum absolute atomic E-state index is 0.128. The number of nitrogens with one attached hydrogen (secondary N) is 1. The lowest BCUT2D eigenvalue weighted by molar-refractivity contribution is -0.270. The van der Waals surface area contributed by atoms with Gasteiger partial charge in [-0.25, -0.2) is 9.37 Å². The number of carbonyl (C=O) groups is 1. The summed E-state index contributed by atoms with van der Waals surface area (Å²) in [5, 5.41) is 12.3. The highest BCUT2D eigenvalue weighted by Gasteiger charge is 2.58. The van der Waals surface area contributed by atoms with Crippen molar-refractivity contribution in [3.05, 3.63) is 47.8 Å². The number of aromatic nitrogens is 2. The summed E-state index contributed by atoms with van der Waals surface area (Å²) in [4.78, 5) is 15.5. The molecule has 1 amide bonds. The molecule has 1 unspecified atom stereocenters. The van der Waals surface area contributed by atoms with Crippen LogP contribution in [-0.4, -0.2) is 26.7 Å². The number of anilines is 1. The molecule has 1 heterocycles. The Bertz CT molecular complexity index is 757. The maximum Gasteiger partial charge on any atom is 0.425 e. The molecule has 1 atom stereocenters. The number of amides is 1. The molecule has 0 radical (unpaired) electrons. The number of halogens is 4. The van der Waals surface area contributed by atoms with E-state index in [0.29, 0.717) is 0 Å². The van der Waals surface area contributed by atoms with Crippen LogP contribution in [0, 0.1) is 12.7 Å². The van der Waals surface area contributed by atoms with Crippen molar-refractivity contribution in [2.24, 2.45) is 7.05 Å². The molecule has 2 N–H and O–H groups in total. The Hall–Kier alpha value is -2.42.